The van der Waals surface area contributed by atoms with Crippen molar-refractivity contribution < 1.29 is 0 Å². The highest BCUT2D eigenvalue weighted by Gasteiger charge is 1.99. The van der Waals surface area contributed by atoms with E-state index in [1.807, 2.05) is 37.3 Å². The summed E-state index contributed by atoms with van der Waals surface area (Å²) in [6.07, 6.45) is 5.14. The van der Waals surface area contributed by atoms with Crippen LogP contribution in [0.4, 0.5) is 11.5 Å². The Balaban J connectivity index is 2.27. The minimum Gasteiger partial charge on any atom is -0.340 e. The Morgan fingerprint density at radius 2 is 2.25 bits per heavy atom. The van der Waals surface area contributed by atoms with Crippen molar-refractivity contribution in [2.45, 2.75) is 6.92 Å². The van der Waals surface area contributed by atoms with Crippen LogP contribution in [-0.2, 0) is 0 Å². The van der Waals surface area contributed by atoms with Gasteiger partial charge in [0.15, 0.2) is 0 Å². The number of anilines is 2. The van der Waals surface area contributed by atoms with E-state index in [4.69, 9.17) is 0 Å². The summed E-state index contributed by atoms with van der Waals surface area (Å²) in [5.41, 5.74) is 3.10. The van der Waals surface area contributed by atoms with Crippen LogP contribution in [0.15, 0.2) is 43.4 Å². The van der Waals surface area contributed by atoms with E-state index in [0.29, 0.717) is 0 Å². The van der Waals surface area contributed by atoms with Crippen LogP contribution in [0, 0.1) is 6.92 Å². The van der Waals surface area contributed by atoms with Crippen LogP contribution in [0.2, 0.25) is 0 Å². The maximum Gasteiger partial charge on any atom is 0.136 e. The molecule has 1 aromatic carbocycles. The van der Waals surface area contributed by atoms with E-state index in [-0.39, 0.29) is 0 Å². The molecule has 1 heterocycles. The van der Waals surface area contributed by atoms with Crippen LogP contribution >= 0.6 is 0 Å². The molecule has 80 valence electrons. The molecule has 16 heavy (non-hydrogen) atoms. The van der Waals surface area contributed by atoms with Crippen LogP contribution in [0.3, 0.4) is 0 Å². The monoisotopic (exact) mass is 211 g/mol. The fraction of sp³-hybridized carbons (Fsp3) is 0.0769. The smallest absolute Gasteiger partial charge is 0.136 e. The Kier molecular flexibility index (Phi) is 2.96. The molecule has 2 aromatic rings. The van der Waals surface area contributed by atoms with Gasteiger partial charge in [0.05, 0.1) is 0 Å². The molecule has 2 rings (SSSR count). The molecule has 3 nitrogen and oxygen atoms in total. The second-order valence-corrected chi connectivity index (χ2v) is 3.51. The number of hydrogen-bond acceptors (Lipinski definition) is 3. The predicted octanol–water partition coefficient (Wildman–Crippen LogP) is 3.17. The molecule has 0 spiro atoms. The molecule has 0 bridgehead atoms. The van der Waals surface area contributed by atoms with Crippen molar-refractivity contribution in [1.82, 2.24) is 9.97 Å². The van der Waals surface area contributed by atoms with E-state index in [1.165, 1.54) is 6.33 Å². The van der Waals surface area contributed by atoms with E-state index in [9.17, 15) is 0 Å². The van der Waals surface area contributed by atoms with Gasteiger partial charge in [0.25, 0.3) is 0 Å². The summed E-state index contributed by atoms with van der Waals surface area (Å²) in [6, 6.07) is 8.00. The fourth-order valence-electron chi connectivity index (χ4n) is 1.41. The minimum absolute atomic E-state index is 0.830. The first-order valence-electron chi connectivity index (χ1n) is 5.06. The number of aryl methyl sites for hydroxylation is 1. The first-order valence-corrected chi connectivity index (χ1v) is 5.06. The van der Waals surface area contributed by atoms with Gasteiger partial charge in [0.1, 0.15) is 12.1 Å². The fourth-order valence-corrected chi connectivity index (χ4v) is 1.41. The van der Waals surface area contributed by atoms with Crippen molar-refractivity contribution in [2.24, 2.45) is 0 Å². The predicted molar refractivity (Wildman–Crippen MR) is 66.6 cm³/mol. The Labute approximate surface area is 94.9 Å². The lowest BCUT2D eigenvalue weighted by atomic mass is 10.2. The maximum absolute atomic E-state index is 4.18. The molecule has 1 aromatic heterocycles. The van der Waals surface area contributed by atoms with E-state index in [2.05, 4.69) is 21.9 Å². The van der Waals surface area contributed by atoms with Gasteiger partial charge >= 0.3 is 0 Å². The van der Waals surface area contributed by atoms with Gasteiger partial charge in [-0.25, -0.2) is 9.97 Å². The number of nitrogens with one attached hydrogen (secondary N) is 1. The van der Waals surface area contributed by atoms with Gasteiger partial charge in [0, 0.05) is 17.4 Å². The third-order valence-electron chi connectivity index (χ3n) is 2.28. The zero-order valence-electron chi connectivity index (χ0n) is 9.14. The van der Waals surface area contributed by atoms with E-state index < -0.39 is 0 Å². The number of benzene rings is 1. The lowest BCUT2D eigenvalue weighted by Crippen LogP contribution is -1.96. The topological polar surface area (TPSA) is 37.8 Å². The average Bonchev–Trinajstić information content (AvgIpc) is 2.32. The summed E-state index contributed by atoms with van der Waals surface area (Å²) in [5, 5.41) is 3.25. The van der Waals surface area contributed by atoms with Crippen molar-refractivity contribution in [3.05, 3.63) is 54.5 Å². The normalized spacial score (nSPS) is 9.81. The lowest BCUT2D eigenvalue weighted by Gasteiger charge is -2.07. The third kappa shape index (κ3) is 2.25. The largest absolute Gasteiger partial charge is 0.340 e. The molecule has 0 radical (unpaired) electrons. The van der Waals surface area contributed by atoms with Crippen LogP contribution in [0.5, 0.6) is 0 Å². The lowest BCUT2D eigenvalue weighted by molar-refractivity contribution is 1.13. The molecule has 0 aliphatic rings. The first-order chi connectivity index (χ1) is 7.79. The number of aromatic nitrogens is 2. The highest BCUT2D eigenvalue weighted by atomic mass is 15.0. The first kappa shape index (κ1) is 10.4. The van der Waals surface area contributed by atoms with Gasteiger partial charge in [-0.2, -0.15) is 0 Å². The highest BCUT2D eigenvalue weighted by molar-refractivity contribution is 5.62. The molecular weight excluding hydrogens is 198 g/mol. The van der Waals surface area contributed by atoms with E-state index >= 15 is 0 Å². The summed E-state index contributed by atoms with van der Waals surface area (Å²) in [7, 11) is 0. The summed E-state index contributed by atoms with van der Waals surface area (Å²) in [6.45, 7) is 5.72. The van der Waals surface area contributed by atoms with Gasteiger partial charge in [-0.1, -0.05) is 24.8 Å². The summed E-state index contributed by atoms with van der Waals surface area (Å²) < 4.78 is 0. The Bertz CT molecular complexity index is 506. The van der Waals surface area contributed by atoms with Gasteiger partial charge in [0.2, 0.25) is 0 Å². The van der Waals surface area contributed by atoms with Crippen LogP contribution < -0.4 is 5.32 Å². The third-order valence-corrected chi connectivity index (χ3v) is 2.28. The van der Waals surface area contributed by atoms with Gasteiger partial charge in [-0.05, 0) is 24.6 Å². The molecule has 0 saturated heterocycles. The van der Waals surface area contributed by atoms with Crippen molar-refractivity contribution in [3.8, 4) is 0 Å². The quantitative estimate of drug-likeness (QED) is 0.847. The Hall–Kier alpha value is -2.16. The average molecular weight is 211 g/mol. The summed E-state index contributed by atoms with van der Waals surface area (Å²) in [4.78, 5) is 8.13. The molecule has 3 heteroatoms. The van der Waals surface area contributed by atoms with Crippen molar-refractivity contribution in [2.75, 3.05) is 5.32 Å². The van der Waals surface area contributed by atoms with Gasteiger partial charge in [-0.15, -0.1) is 0 Å². The zero-order valence-corrected chi connectivity index (χ0v) is 9.14. The van der Waals surface area contributed by atoms with Gasteiger partial charge < -0.3 is 5.32 Å². The SMILES string of the molecule is C=Cc1cccc(Nc2ncncc2C)c1. The van der Waals surface area contributed by atoms with E-state index in [0.717, 1.165) is 22.6 Å². The molecule has 0 atom stereocenters. The number of nitrogens with zero attached hydrogens (tertiary/aromatic N) is 2. The van der Waals surface area contributed by atoms with Crippen LogP contribution in [0.1, 0.15) is 11.1 Å². The second-order valence-electron chi connectivity index (χ2n) is 3.51. The number of rotatable bonds is 3. The van der Waals surface area contributed by atoms with Crippen LogP contribution in [-0.4, -0.2) is 9.97 Å². The molecule has 0 fully saturated rings. The standard InChI is InChI=1S/C13H13N3/c1-3-11-5-4-6-12(7-11)16-13-10(2)8-14-9-15-13/h3-9H,1H2,2H3,(H,14,15,16). The second kappa shape index (κ2) is 4.57. The molecule has 0 saturated carbocycles. The molecule has 0 unspecified atom stereocenters. The highest BCUT2D eigenvalue weighted by Crippen LogP contribution is 2.18. The zero-order chi connectivity index (χ0) is 11.4. The Morgan fingerprint density at radius 3 is 3.00 bits per heavy atom. The summed E-state index contributed by atoms with van der Waals surface area (Å²) in [5.74, 6) is 0.830. The molecule has 0 amide bonds. The molecule has 0 aliphatic heterocycles. The van der Waals surface area contributed by atoms with E-state index in [1.54, 1.807) is 6.20 Å². The van der Waals surface area contributed by atoms with Gasteiger partial charge in [-0.3, -0.25) is 0 Å². The minimum atomic E-state index is 0.830. The number of hydrogen-bond donors (Lipinski definition) is 1. The Morgan fingerprint density at radius 1 is 1.38 bits per heavy atom. The van der Waals surface area contributed by atoms with Crippen molar-refractivity contribution in [1.29, 1.82) is 0 Å². The molecular formula is C13H13N3. The summed E-state index contributed by atoms with van der Waals surface area (Å²) >= 11 is 0. The van der Waals surface area contributed by atoms with Crippen molar-refractivity contribution in [3.63, 3.8) is 0 Å². The molecule has 0 aliphatic carbocycles. The maximum atomic E-state index is 4.18. The van der Waals surface area contributed by atoms with Crippen molar-refractivity contribution >= 4 is 17.6 Å². The van der Waals surface area contributed by atoms with Crippen LogP contribution in [0.25, 0.3) is 6.08 Å². The molecule has 1 N–H and O–H groups in total.